The van der Waals surface area contributed by atoms with Crippen LogP contribution in [0.2, 0.25) is 0 Å². The normalized spacial score (nSPS) is 17.5. The van der Waals surface area contributed by atoms with Gasteiger partial charge in [0.1, 0.15) is 0 Å². The number of rotatable bonds is 0. The number of aromatic amines is 1. The Hall–Kier alpha value is -2.02. The van der Waals surface area contributed by atoms with E-state index < -0.39 is 0 Å². The molecule has 1 aliphatic carbocycles. The molecule has 0 bridgehead atoms. The smallest absolute Gasteiger partial charge is 0.220 e. The summed E-state index contributed by atoms with van der Waals surface area (Å²) >= 11 is 1.83. The van der Waals surface area contributed by atoms with Crippen molar-refractivity contribution in [2.75, 3.05) is 18.7 Å². The maximum absolute atomic E-state index is 5.62. The van der Waals surface area contributed by atoms with E-state index in [1.807, 2.05) is 24.2 Å². The van der Waals surface area contributed by atoms with Gasteiger partial charge in [-0.3, -0.25) is 5.10 Å². The van der Waals surface area contributed by atoms with E-state index in [0.717, 1.165) is 29.2 Å². The number of H-pyrrole nitrogens is 1. The molecule has 0 fully saturated rings. The minimum absolute atomic E-state index is 0.0643. The Kier molecular flexibility index (Phi) is 3.82. The molecule has 0 unspecified atom stereocenters. The number of nitrogens with two attached hydrogens (primary N) is 1. The predicted molar refractivity (Wildman–Crippen MR) is 90.1 cm³/mol. The highest BCUT2D eigenvalue weighted by atomic mass is 32.2. The van der Waals surface area contributed by atoms with Crippen molar-refractivity contribution in [1.29, 1.82) is 0 Å². The number of aromatic nitrogens is 4. The van der Waals surface area contributed by atoms with Crippen LogP contribution in [0.1, 0.15) is 25.0 Å². The van der Waals surface area contributed by atoms with Crippen molar-refractivity contribution in [2.24, 2.45) is 0 Å². The first-order chi connectivity index (χ1) is 10.5. The van der Waals surface area contributed by atoms with Crippen molar-refractivity contribution >= 4 is 17.7 Å². The van der Waals surface area contributed by atoms with Gasteiger partial charge in [-0.15, -0.1) is 11.8 Å². The van der Waals surface area contributed by atoms with Crippen LogP contribution in [0.25, 0.3) is 11.4 Å². The van der Waals surface area contributed by atoms with Gasteiger partial charge < -0.3 is 10.6 Å². The van der Waals surface area contributed by atoms with E-state index in [9.17, 15) is 0 Å². The third kappa shape index (κ3) is 2.81. The van der Waals surface area contributed by atoms with Gasteiger partial charge in [0.05, 0.1) is 23.5 Å². The molecular formula is C15H20N6S. The molecule has 2 aromatic rings. The Morgan fingerprint density at radius 2 is 2.18 bits per heavy atom. The standard InChI is InChI=1S/C11H13N5.C4H7NS/c1-11(2)3-6-4-13-10(12)15-8(6)9-7(11)5-14-16-9;1-5-2-3-6-4-5/h4-5H,3H2,1-2H3,(H,14,16)(H2,12,13,15);2-3H,4H2,1H3. The first-order valence-electron chi connectivity index (χ1n) is 7.11. The number of thioether (sulfide) groups is 1. The van der Waals surface area contributed by atoms with Crippen molar-refractivity contribution in [2.45, 2.75) is 25.7 Å². The third-order valence-electron chi connectivity index (χ3n) is 3.81. The quantitative estimate of drug-likeness (QED) is 0.776. The molecule has 0 aromatic carbocycles. The van der Waals surface area contributed by atoms with E-state index in [-0.39, 0.29) is 5.41 Å². The molecule has 1 aliphatic heterocycles. The number of nitrogens with one attached hydrogen (secondary N) is 1. The summed E-state index contributed by atoms with van der Waals surface area (Å²) in [5.41, 5.74) is 9.86. The Morgan fingerprint density at radius 1 is 1.36 bits per heavy atom. The molecule has 22 heavy (non-hydrogen) atoms. The van der Waals surface area contributed by atoms with Crippen LogP contribution in [-0.4, -0.2) is 38.0 Å². The highest BCUT2D eigenvalue weighted by Crippen LogP contribution is 2.40. The third-order valence-corrected chi connectivity index (χ3v) is 4.68. The molecule has 3 N–H and O–H groups in total. The summed E-state index contributed by atoms with van der Waals surface area (Å²) in [5, 5.41) is 9.20. The lowest BCUT2D eigenvalue weighted by molar-refractivity contribution is 0.515. The number of hydrogen-bond donors (Lipinski definition) is 2. The van der Waals surface area contributed by atoms with Crippen LogP contribution in [-0.2, 0) is 11.8 Å². The van der Waals surface area contributed by atoms with E-state index in [1.165, 1.54) is 5.56 Å². The van der Waals surface area contributed by atoms with Crippen LogP contribution in [0.3, 0.4) is 0 Å². The monoisotopic (exact) mass is 316 g/mol. The molecule has 3 heterocycles. The number of hydrogen-bond acceptors (Lipinski definition) is 6. The van der Waals surface area contributed by atoms with E-state index >= 15 is 0 Å². The van der Waals surface area contributed by atoms with Gasteiger partial charge in [0, 0.05) is 25.0 Å². The van der Waals surface area contributed by atoms with E-state index in [2.05, 4.69) is 57.6 Å². The second kappa shape index (κ2) is 5.64. The zero-order valence-corrected chi connectivity index (χ0v) is 13.8. The van der Waals surface area contributed by atoms with Gasteiger partial charge in [-0.25, -0.2) is 9.97 Å². The second-order valence-corrected chi connectivity index (χ2v) is 7.02. The van der Waals surface area contributed by atoms with Crippen LogP contribution >= 0.6 is 11.8 Å². The van der Waals surface area contributed by atoms with Crippen molar-refractivity contribution in [3.8, 4) is 11.4 Å². The molecule has 4 rings (SSSR count). The molecule has 6 nitrogen and oxygen atoms in total. The zero-order valence-electron chi connectivity index (χ0n) is 13.0. The highest BCUT2D eigenvalue weighted by Gasteiger charge is 2.33. The van der Waals surface area contributed by atoms with Gasteiger partial charge in [0.25, 0.3) is 0 Å². The predicted octanol–water partition coefficient (Wildman–Crippen LogP) is 2.38. The highest BCUT2D eigenvalue weighted by molar-refractivity contribution is 8.02. The van der Waals surface area contributed by atoms with Crippen molar-refractivity contribution in [3.63, 3.8) is 0 Å². The molecule has 2 aliphatic rings. The zero-order chi connectivity index (χ0) is 15.7. The summed E-state index contributed by atoms with van der Waals surface area (Å²) in [6, 6.07) is 0. The van der Waals surface area contributed by atoms with Crippen LogP contribution in [0.5, 0.6) is 0 Å². The average molecular weight is 316 g/mol. The van der Waals surface area contributed by atoms with Crippen molar-refractivity contribution < 1.29 is 0 Å². The fraction of sp³-hybridized carbons (Fsp3) is 0.400. The van der Waals surface area contributed by atoms with Gasteiger partial charge >= 0.3 is 0 Å². The van der Waals surface area contributed by atoms with Gasteiger partial charge in [-0.05, 0) is 22.8 Å². The molecule has 0 saturated heterocycles. The lowest BCUT2D eigenvalue weighted by Crippen LogP contribution is -2.25. The summed E-state index contributed by atoms with van der Waals surface area (Å²) in [5.74, 6) is 1.43. The van der Waals surface area contributed by atoms with Crippen LogP contribution in [0.15, 0.2) is 24.0 Å². The van der Waals surface area contributed by atoms with Gasteiger partial charge in [0.15, 0.2) is 0 Å². The summed E-state index contributed by atoms with van der Waals surface area (Å²) < 4.78 is 0. The topological polar surface area (TPSA) is 83.7 Å². The van der Waals surface area contributed by atoms with Crippen molar-refractivity contribution in [1.82, 2.24) is 25.1 Å². The fourth-order valence-corrected chi connectivity index (χ4v) is 3.37. The number of nitrogen functional groups attached to an aromatic ring is 1. The lowest BCUT2D eigenvalue weighted by atomic mass is 9.75. The molecule has 0 saturated carbocycles. The van der Waals surface area contributed by atoms with E-state index in [4.69, 9.17) is 5.73 Å². The molecule has 7 heteroatoms. The molecule has 116 valence electrons. The minimum atomic E-state index is 0.0643. The summed E-state index contributed by atoms with van der Waals surface area (Å²) in [7, 11) is 2.07. The Morgan fingerprint density at radius 3 is 2.82 bits per heavy atom. The lowest BCUT2D eigenvalue weighted by Gasteiger charge is -2.29. The second-order valence-electron chi connectivity index (χ2n) is 6.16. The summed E-state index contributed by atoms with van der Waals surface area (Å²) in [6.07, 6.45) is 6.67. The molecule has 2 aromatic heterocycles. The van der Waals surface area contributed by atoms with Crippen LogP contribution in [0.4, 0.5) is 5.95 Å². The van der Waals surface area contributed by atoms with Gasteiger partial charge in [-0.1, -0.05) is 13.8 Å². The summed E-state index contributed by atoms with van der Waals surface area (Å²) in [4.78, 5) is 10.5. The molecule has 0 spiro atoms. The summed E-state index contributed by atoms with van der Waals surface area (Å²) in [6.45, 7) is 4.39. The van der Waals surface area contributed by atoms with Crippen LogP contribution < -0.4 is 5.73 Å². The Bertz CT molecular complexity index is 706. The number of nitrogens with zero attached hydrogens (tertiary/aromatic N) is 4. The largest absolute Gasteiger partial charge is 0.370 e. The maximum atomic E-state index is 5.62. The van der Waals surface area contributed by atoms with Crippen LogP contribution in [0, 0.1) is 0 Å². The molecule has 0 atom stereocenters. The molecule has 0 amide bonds. The SMILES string of the molecule is CC1(C)Cc2cnc(N)nc2-c2[nH]ncc21.CN1C=CSC1. The maximum Gasteiger partial charge on any atom is 0.220 e. The van der Waals surface area contributed by atoms with Crippen molar-refractivity contribution in [3.05, 3.63) is 35.1 Å². The first-order valence-corrected chi connectivity index (χ1v) is 8.16. The fourth-order valence-electron chi connectivity index (χ4n) is 2.67. The molecule has 0 radical (unpaired) electrons. The number of anilines is 1. The minimum Gasteiger partial charge on any atom is -0.370 e. The van der Waals surface area contributed by atoms with E-state index in [0.29, 0.717) is 5.95 Å². The van der Waals surface area contributed by atoms with E-state index in [1.54, 1.807) is 0 Å². The molecular weight excluding hydrogens is 296 g/mol. The van der Waals surface area contributed by atoms with Gasteiger partial charge in [0.2, 0.25) is 5.95 Å². The first kappa shape index (κ1) is 14.9. The average Bonchev–Trinajstić information content (AvgIpc) is 3.11. The van der Waals surface area contributed by atoms with Gasteiger partial charge in [-0.2, -0.15) is 5.10 Å². The Labute approximate surface area is 134 Å². The number of fused-ring (bicyclic) bond motifs is 3. The Balaban J connectivity index is 0.000000202.